The Morgan fingerprint density at radius 2 is 1.79 bits per heavy atom. The number of benzene rings is 2. The number of amides is 1. The Balaban J connectivity index is 1.57. The predicted octanol–water partition coefficient (Wildman–Crippen LogP) is 5.27. The highest BCUT2D eigenvalue weighted by molar-refractivity contribution is 6.39. The molecule has 0 fully saturated rings. The Morgan fingerprint density at radius 3 is 2.55 bits per heavy atom. The lowest BCUT2D eigenvalue weighted by Gasteiger charge is -2.07. The monoisotopic (exact) mass is 427 g/mol. The number of imidazole rings is 1. The highest BCUT2D eigenvalue weighted by atomic mass is 35.5. The lowest BCUT2D eigenvalue weighted by molar-refractivity contribution is 0.102. The highest BCUT2D eigenvalue weighted by Gasteiger charge is 2.12. The summed E-state index contributed by atoms with van der Waals surface area (Å²) in [5, 5.41) is 6.77. The summed E-state index contributed by atoms with van der Waals surface area (Å²) in [5.41, 5.74) is 2.37. The number of H-pyrrole nitrogens is 1. The molecule has 4 rings (SSSR count). The molecule has 3 N–H and O–H groups in total. The number of para-hydroxylation sites is 1. The number of pyridine rings is 1. The number of methoxy groups -OCH3 is 1. The SMILES string of the molecule is COc1cccc(NC(=O)c2ccc3nc(Nc4c(Cl)cccc4Cl)[nH]c3c2)n1. The molecular formula is C20H15Cl2N5O2. The van der Waals surface area contributed by atoms with E-state index in [4.69, 9.17) is 27.9 Å². The van der Waals surface area contributed by atoms with Gasteiger partial charge in [0.1, 0.15) is 5.82 Å². The van der Waals surface area contributed by atoms with Crippen LogP contribution in [0.4, 0.5) is 17.5 Å². The van der Waals surface area contributed by atoms with Gasteiger partial charge in [0.05, 0.1) is 33.9 Å². The Hall–Kier alpha value is -3.29. The fraction of sp³-hybridized carbons (Fsp3) is 0.0500. The summed E-state index contributed by atoms with van der Waals surface area (Å²) < 4.78 is 5.07. The van der Waals surface area contributed by atoms with Crippen molar-refractivity contribution in [2.45, 2.75) is 0 Å². The van der Waals surface area contributed by atoms with Crippen molar-refractivity contribution in [1.82, 2.24) is 15.0 Å². The quantitative estimate of drug-likeness (QED) is 0.403. The molecule has 0 aliphatic carbocycles. The van der Waals surface area contributed by atoms with Crippen LogP contribution in [0.2, 0.25) is 10.0 Å². The van der Waals surface area contributed by atoms with E-state index in [1.165, 1.54) is 7.11 Å². The first kappa shape index (κ1) is 19.0. The molecule has 0 radical (unpaired) electrons. The summed E-state index contributed by atoms with van der Waals surface area (Å²) in [6.07, 6.45) is 0. The molecule has 0 spiro atoms. The number of hydrogen-bond donors (Lipinski definition) is 3. The summed E-state index contributed by atoms with van der Waals surface area (Å²) in [6, 6.07) is 15.5. The van der Waals surface area contributed by atoms with Crippen LogP contribution < -0.4 is 15.4 Å². The van der Waals surface area contributed by atoms with E-state index in [0.717, 1.165) is 0 Å². The first-order valence-corrected chi connectivity index (χ1v) is 9.32. The van der Waals surface area contributed by atoms with E-state index in [0.29, 0.717) is 50.0 Å². The van der Waals surface area contributed by atoms with Crippen molar-refractivity contribution in [3.8, 4) is 5.88 Å². The zero-order valence-electron chi connectivity index (χ0n) is 15.2. The number of halogens is 2. The summed E-state index contributed by atoms with van der Waals surface area (Å²) >= 11 is 12.4. The molecule has 0 aliphatic rings. The van der Waals surface area contributed by atoms with Gasteiger partial charge in [0, 0.05) is 11.6 Å². The topological polar surface area (TPSA) is 91.9 Å². The standard InChI is InChI=1S/C20H15Cl2N5O2/c1-29-17-7-3-6-16(25-17)26-19(28)11-8-9-14-15(10-11)24-20(23-14)27-18-12(21)4-2-5-13(18)22/h2-10H,1H3,(H2,23,24,27)(H,25,26,28). The minimum absolute atomic E-state index is 0.300. The van der Waals surface area contributed by atoms with Crippen LogP contribution in [0.3, 0.4) is 0 Å². The van der Waals surface area contributed by atoms with E-state index < -0.39 is 0 Å². The van der Waals surface area contributed by atoms with E-state index in [1.54, 1.807) is 54.6 Å². The zero-order chi connectivity index (χ0) is 20.4. The summed E-state index contributed by atoms with van der Waals surface area (Å²) in [4.78, 5) is 24.3. The van der Waals surface area contributed by atoms with Crippen LogP contribution in [0.5, 0.6) is 5.88 Å². The predicted molar refractivity (Wildman–Crippen MR) is 115 cm³/mol. The van der Waals surface area contributed by atoms with Gasteiger partial charge in [-0.1, -0.05) is 35.3 Å². The molecule has 0 aliphatic heterocycles. The molecule has 1 amide bonds. The molecule has 146 valence electrons. The van der Waals surface area contributed by atoms with Crippen molar-refractivity contribution in [3.05, 3.63) is 70.2 Å². The molecule has 2 heterocycles. The second-order valence-electron chi connectivity index (χ2n) is 6.06. The van der Waals surface area contributed by atoms with E-state index in [9.17, 15) is 4.79 Å². The zero-order valence-corrected chi connectivity index (χ0v) is 16.7. The summed E-state index contributed by atoms with van der Waals surface area (Å²) in [7, 11) is 1.52. The van der Waals surface area contributed by atoms with Gasteiger partial charge in [-0.25, -0.2) is 4.98 Å². The number of hydrogen-bond acceptors (Lipinski definition) is 5. The van der Waals surface area contributed by atoms with Crippen molar-refractivity contribution in [2.75, 3.05) is 17.7 Å². The molecule has 0 bridgehead atoms. The molecule has 7 nitrogen and oxygen atoms in total. The van der Waals surface area contributed by atoms with Crippen molar-refractivity contribution in [3.63, 3.8) is 0 Å². The number of nitrogens with one attached hydrogen (secondary N) is 3. The molecule has 9 heteroatoms. The molecule has 0 saturated carbocycles. The van der Waals surface area contributed by atoms with Crippen molar-refractivity contribution in [2.24, 2.45) is 0 Å². The molecule has 0 saturated heterocycles. The van der Waals surface area contributed by atoms with Gasteiger partial charge in [0.25, 0.3) is 5.91 Å². The van der Waals surface area contributed by atoms with Crippen molar-refractivity contribution in [1.29, 1.82) is 0 Å². The fourth-order valence-electron chi connectivity index (χ4n) is 2.73. The first-order valence-electron chi connectivity index (χ1n) is 8.56. The van der Waals surface area contributed by atoms with Gasteiger partial charge in [-0.15, -0.1) is 0 Å². The molecule has 2 aromatic carbocycles. The third-order valence-electron chi connectivity index (χ3n) is 4.12. The van der Waals surface area contributed by atoms with Gasteiger partial charge in [0.15, 0.2) is 0 Å². The molecule has 4 aromatic rings. The third kappa shape index (κ3) is 4.11. The van der Waals surface area contributed by atoms with E-state index >= 15 is 0 Å². The number of carbonyl (C=O) groups excluding carboxylic acids is 1. The minimum Gasteiger partial charge on any atom is -0.481 e. The molecule has 0 unspecified atom stereocenters. The second kappa shape index (κ2) is 7.98. The molecule has 0 atom stereocenters. The maximum atomic E-state index is 12.6. The van der Waals surface area contributed by atoms with Gasteiger partial charge in [-0.05, 0) is 36.4 Å². The van der Waals surface area contributed by atoms with Crippen LogP contribution in [0, 0.1) is 0 Å². The first-order chi connectivity index (χ1) is 14.0. The van der Waals surface area contributed by atoms with Crippen LogP contribution in [0.1, 0.15) is 10.4 Å². The Morgan fingerprint density at radius 1 is 1.03 bits per heavy atom. The number of carbonyl (C=O) groups is 1. The fourth-order valence-corrected chi connectivity index (χ4v) is 3.22. The second-order valence-corrected chi connectivity index (χ2v) is 6.87. The summed E-state index contributed by atoms with van der Waals surface area (Å²) in [5.74, 6) is 0.975. The molecule has 2 aromatic heterocycles. The average molecular weight is 428 g/mol. The summed E-state index contributed by atoms with van der Waals surface area (Å²) in [6.45, 7) is 0. The minimum atomic E-state index is -0.300. The van der Waals surface area contributed by atoms with Crippen LogP contribution in [0.25, 0.3) is 11.0 Å². The maximum Gasteiger partial charge on any atom is 0.256 e. The van der Waals surface area contributed by atoms with E-state index in [-0.39, 0.29) is 5.91 Å². The number of anilines is 3. The number of nitrogens with zero attached hydrogens (tertiary/aromatic N) is 2. The van der Waals surface area contributed by atoms with Crippen LogP contribution >= 0.6 is 23.2 Å². The van der Waals surface area contributed by atoms with Gasteiger partial charge in [-0.3, -0.25) is 4.79 Å². The number of rotatable bonds is 5. The van der Waals surface area contributed by atoms with Gasteiger partial charge >= 0.3 is 0 Å². The van der Waals surface area contributed by atoms with Crippen LogP contribution in [-0.2, 0) is 0 Å². The Kier molecular flexibility index (Phi) is 5.24. The number of aromatic amines is 1. The van der Waals surface area contributed by atoms with Gasteiger partial charge in [-0.2, -0.15) is 4.98 Å². The smallest absolute Gasteiger partial charge is 0.256 e. The number of fused-ring (bicyclic) bond motifs is 1. The van der Waals surface area contributed by atoms with Crippen molar-refractivity contribution >= 4 is 57.6 Å². The lowest BCUT2D eigenvalue weighted by atomic mass is 10.2. The average Bonchev–Trinajstić information content (AvgIpc) is 3.12. The number of aromatic nitrogens is 3. The molecule has 29 heavy (non-hydrogen) atoms. The van der Waals surface area contributed by atoms with Crippen LogP contribution in [0.15, 0.2) is 54.6 Å². The van der Waals surface area contributed by atoms with E-state index in [2.05, 4.69) is 25.6 Å². The number of ether oxygens (including phenoxy) is 1. The normalized spacial score (nSPS) is 10.7. The third-order valence-corrected chi connectivity index (χ3v) is 4.75. The van der Waals surface area contributed by atoms with Gasteiger partial charge in [0.2, 0.25) is 11.8 Å². The van der Waals surface area contributed by atoms with E-state index in [1.807, 2.05) is 0 Å². The Labute approximate surface area is 176 Å². The lowest BCUT2D eigenvalue weighted by Crippen LogP contribution is -2.13. The Bertz CT molecular complexity index is 1190. The van der Waals surface area contributed by atoms with Gasteiger partial charge < -0.3 is 20.4 Å². The largest absolute Gasteiger partial charge is 0.481 e. The maximum absolute atomic E-state index is 12.6. The molecular weight excluding hydrogens is 413 g/mol. The highest BCUT2D eigenvalue weighted by Crippen LogP contribution is 2.32. The van der Waals surface area contributed by atoms with Crippen molar-refractivity contribution < 1.29 is 9.53 Å². The van der Waals surface area contributed by atoms with Crippen LogP contribution in [-0.4, -0.2) is 28.0 Å².